The van der Waals surface area contributed by atoms with Gasteiger partial charge in [-0.15, -0.1) is 0 Å². The molecule has 2 N–H and O–H groups in total. The largest absolute Gasteiger partial charge is 0.480 e. The third-order valence-corrected chi connectivity index (χ3v) is 2.08. The Balaban J connectivity index is 4.15. The van der Waals surface area contributed by atoms with E-state index in [1.54, 1.807) is 12.2 Å². The Kier molecular flexibility index (Phi) is 5.94. The lowest BCUT2D eigenvalue weighted by Gasteiger charge is -2.22. The van der Waals surface area contributed by atoms with Crippen molar-refractivity contribution in [3.63, 3.8) is 0 Å². The molecule has 1 atom stereocenters. The molecule has 0 heterocycles. The van der Waals surface area contributed by atoms with Crippen LogP contribution in [0.1, 0.15) is 13.3 Å². The number of amides is 1. The standard InChI is InChI=1S/C9H15F3N2O3/c1-3-6(8(16)17)14(2)4-7(15)13-5-9(10,11)12/h6H,3-5H2,1-2H3,(H,13,15)(H,16,17). The monoisotopic (exact) mass is 256 g/mol. The minimum absolute atomic E-state index is 0.262. The maximum atomic E-state index is 11.8. The molecule has 0 aromatic heterocycles. The fourth-order valence-electron chi connectivity index (χ4n) is 1.27. The molecular formula is C9H15F3N2O3. The van der Waals surface area contributed by atoms with Crippen LogP contribution >= 0.6 is 0 Å². The Morgan fingerprint density at radius 3 is 2.29 bits per heavy atom. The third-order valence-electron chi connectivity index (χ3n) is 2.08. The third kappa shape index (κ3) is 6.77. The van der Waals surface area contributed by atoms with E-state index in [1.807, 2.05) is 0 Å². The van der Waals surface area contributed by atoms with Gasteiger partial charge < -0.3 is 10.4 Å². The average Bonchev–Trinajstić information content (AvgIpc) is 2.14. The molecule has 0 aromatic rings. The Morgan fingerprint density at radius 2 is 1.94 bits per heavy atom. The molecule has 0 aliphatic heterocycles. The highest BCUT2D eigenvalue weighted by atomic mass is 19.4. The van der Waals surface area contributed by atoms with Crippen LogP contribution in [0.5, 0.6) is 0 Å². The van der Waals surface area contributed by atoms with Gasteiger partial charge in [-0.3, -0.25) is 14.5 Å². The van der Waals surface area contributed by atoms with Gasteiger partial charge in [0.1, 0.15) is 12.6 Å². The Bertz CT molecular complexity index is 281. The van der Waals surface area contributed by atoms with Crippen LogP contribution in [-0.4, -0.2) is 54.2 Å². The van der Waals surface area contributed by atoms with Crippen LogP contribution < -0.4 is 5.32 Å². The highest BCUT2D eigenvalue weighted by Gasteiger charge is 2.28. The molecule has 17 heavy (non-hydrogen) atoms. The molecule has 5 nitrogen and oxygen atoms in total. The van der Waals surface area contributed by atoms with E-state index < -0.39 is 30.6 Å². The second kappa shape index (κ2) is 6.43. The second-order valence-electron chi connectivity index (χ2n) is 3.57. The van der Waals surface area contributed by atoms with E-state index in [2.05, 4.69) is 0 Å². The number of hydrogen-bond donors (Lipinski definition) is 2. The van der Waals surface area contributed by atoms with Crippen molar-refractivity contribution in [3.05, 3.63) is 0 Å². The molecule has 0 bridgehead atoms. The number of aliphatic carboxylic acids is 1. The van der Waals surface area contributed by atoms with Gasteiger partial charge in [-0.2, -0.15) is 13.2 Å². The molecule has 0 fully saturated rings. The number of carboxylic acids is 1. The zero-order valence-corrected chi connectivity index (χ0v) is 9.54. The maximum absolute atomic E-state index is 11.8. The van der Waals surface area contributed by atoms with Crippen LogP contribution in [0.3, 0.4) is 0 Å². The molecule has 0 aliphatic carbocycles. The van der Waals surface area contributed by atoms with Gasteiger partial charge in [-0.25, -0.2) is 0 Å². The minimum Gasteiger partial charge on any atom is -0.480 e. The summed E-state index contributed by atoms with van der Waals surface area (Å²) in [6, 6.07) is -0.883. The van der Waals surface area contributed by atoms with Gasteiger partial charge >= 0.3 is 12.1 Å². The summed E-state index contributed by atoms with van der Waals surface area (Å²) in [4.78, 5) is 23.0. The first-order valence-electron chi connectivity index (χ1n) is 4.94. The number of hydrogen-bond acceptors (Lipinski definition) is 3. The van der Waals surface area contributed by atoms with Gasteiger partial charge in [-0.1, -0.05) is 6.92 Å². The maximum Gasteiger partial charge on any atom is 0.405 e. The highest BCUT2D eigenvalue weighted by Crippen LogP contribution is 2.12. The summed E-state index contributed by atoms with van der Waals surface area (Å²) in [5, 5.41) is 10.4. The molecule has 0 saturated carbocycles. The van der Waals surface area contributed by atoms with Crippen molar-refractivity contribution >= 4 is 11.9 Å². The molecule has 100 valence electrons. The predicted octanol–water partition coefficient (Wildman–Crippen LogP) is 0.460. The van der Waals surface area contributed by atoms with E-state index in [0.29, 0.717) is 0 Å². The molecule has 0 aliphatic rings. The fourth-order valence-corrected chi connectivity index (χ4v) is 1.27. The van der Waals surface area contributed by atoms with Crippen LogP contribution in [0.4, 0.5) is 13.2 Å². The summed E-state index contributed by atoms with van der Waals surface area (Å²) in [6.45, 7) is -0.187. The smallest absolute Gasteiger partial charge is 0.405 e. The van der Waals surface area contributed by atoms with Crippen LogP contribution in [0.15, 0.2) is 0 Å². The molecule has 0 radical (unpaired) electrons. The Morgan fingerprint density at radius 1 is 1.41 bits per heavy atom. The molecule has 0 rings (SSSR count). The van der Waals surface area contributed by atoms with Crippen LogP contribution in [0, 0.1) is 0 Å². The lowest BCUT2D eigenvalue weighted by atomic mass is 10.2. The van der Waals surface area contributed by atoms with E-state index in [0.717, 1.165) is 0 Å². The van der Waals surface area contributed by atoms with E-state index in [1.165, 1.54) is 11.9 Å². The van der Waals surface area contributed by atoms with Crippen molar-refractivity contribution in [2.75, 3.05) is 20.1 Å². The zero-order chi connectivity index (χ0) is 13.6. The lowest BCUT2D eigenvalue weighted by molar-refractivity contribution is -0.145. The topological polar surface area (TPSA) is 69.6 Å². The number of halogens is 3. The molecule has 1 unspecified atom stereocenters. The van der Waals surface area contributed by atoms with Crippen molar-refractivity contribution in [1.82, 2.24) is 10.2 Å². The van der Waals surface area contributed by atoms with Gasteiger partial charge in [0, 0.05) is 0 Å². The van der Waals surface area contributed by atoms with E-state index in [9.17, 15) is 22.8 Å². The number of likely N-dealkylation sites (N-methyl/N-ethyl adjacent to an activating group) is 1. The number of rotatable bonds is 6. The number of alkyl halides is 3. The number of carboxylic acid groups (broad SMARTS) is 1. The quantitative estimate of drug-likeness (QED) is 0.724. The molecule has 1 amide bonds. The van der Waals surface area contributed by atoms with Crippen molar-refractivity contribution in [3.8, 4) is 0 Å². The number of nitrogens with zero attached hydrogens (tertiary/aromatic N) is 1. The predicted molar refractivity (Wildman–Crippen MR) is 53.4 cm³/mol. The van der Waals surface area contributed by atoms with E-state index in [-0.39, 0.29) is 13.0 Å². The highest BCUT2D eigenvalue weighted by molar-refractivity contribution is 5.79. The van der Waals surface area contributed by atoms with Crippen molar-refractivity contribution < 1.29 is 27.9 Å². The summed E-state index contributed by atoms with van der Waals surface area (Å²) in [7, 11) is 1.37. The van der Waals surface area contributed by atoms with Crippen LogP contribution in [-0.2, 0) is 9.59 Å². The first-order valence-corrected chi connectivity index (χ1v) is 4.94. The first kappa shape index (κ1) is 15.7. The normalized spacial score (nSPS) is 13.5. The van der Waals surface area contributed by atoms with Crippen molar-refractivity contribution in [1.29, 1.82) is 0 Å². The lowest BCUT2D eigenvalue weighted by Crippen LogP contribution is -2.45. The SMILES string of the molecule is CCC(C(=O)O)N(C)CC(=O)NCC(F)(F)F. The summed E-state index contributed by atoms with van der Waals surface area (Å²) in [6.07, 6.45) is -4.20. The summed E-state index contributed by atoms with van der Waals surface area (Å²) in [5.41, 5.74) is 0. The summed E-state index contributed by atoms with van der Waals surface area (Å²) in [5.74, 6) is -1.97. The molecule has 8 heteroatoms. The number of nitrogens with one attached hydrogen (secondary N) is 1. The molecule has 0 spiro atoms. The van der Waals surface area contributed by atoms with Gasteiger partial charge in [-0.05, 0) is 13.5 Å². The Hall–Kier alpha value is -1.31. The van der Waals surface area contributed by atoms with E-state index >= 15 is 0 Å². The molecule has 0 aromatic carbocycles. The summed E-state index contributed by atoms with van der Waals surface area (Å²) >= 11 is 0. The zero-order valence-electron chi connectivity index (χ0n) is 9.54. The van der Waals surface area contributed by atoms with Gasteiger partial charge in [0.25, 0.3) is 0 Å². The first-order chi connectivity index (χ1) is 7.67. The fraction of sp³-hybridized carbons (Fsp3) is 0.778. The van der Waals surface area contributed by atoms with Crippen LogP contribution in [0.2, 0.25) is 0 Å². The van der Waals surface area contributed by atoms with Gasteiger partial charge in [0.05, 0.1) is 6.54 Å². The number of carbonyl (C=O) groups is 2. The van der Waals surface area contributed by atoms with Crippen molar-refractivity contribution in [2.24, 2.45) is 0 Å². The van der Waals surface area contributed by atoms with Gasteiger partial charge in [0.2, 0.25) is 5.91 Å². The van der Waals surface area contributed by atoms with E-state index in [4.69, 9.17) is 5.11 Å². The second-order valence-corrected chi connectivity index (χ2v) is 3.57. The molecular weight excluding hydrogens is 241 g/mol. The molecule has 0 saturated heterocycles. The minimum atomic E-state index is -4.47. The van der Waals surface area contributed by atoms with Crippen molar-refractivity contribution in [2.45, 2.75) is 25.6 Å². The average molecular weight is 256 g/mol. The van der Waals surface area contributed by atoms with Gasteiger partial charge in [0.15, 0.2) is 0 Å². The number of carbonyl (C=O) groups excluding carboxylic acids is 1. The van der Waals surface area contributed by atoms with Crippen LogP contribution in [0.25, 0.3) is 0 Å². The summed E-state index contributed by atoms with van der Waals surface area (Å²) < 4.78 is 35.4. The Labute approximate surface area is 96.6 Å².